The SMILES string of the molecule is CCCCCN1CC(=O)N2C(c3ccc(C(=O)OC)cc3)c3[nH]c4ccccc4c3C[C@H]2C1=O. The first kappa shape index (κ1) is 22.2. The van der Waals surface area contributed by atoms with E-state index in [0.717, 1.165) is 47.0 Å². The molecule has 0 saturated carbocycles. The van der Waals surface area contributed by atoms with Crippen LogP contribution in [0.3, 0.4) is 0 Å². The molecule has 1 fully saturated rings. The molecule has 7 nitrogen and oxygen atoms in total. The normalized spacial score (nSPS) is 19.8. The van der Waals surface area contributed by atoms with E-state index in [2.05, 4.69) is 18.0 Å². The van der Waals surface area contributed by atoms with Gasteiger partial charge in [0.25, 0.3) is 0 Å². The minimum Gasteiger partial charge on any atom is -0.465 e. The highest BCUT2D eigenvalue weighted by molar-refractivity contribution is 5.97. The molecular weight excluding hydrogens is 430 g/mol. The smallest absolute Gasteiger partial charge is 0.337 e. The van der Waals surface area contributed by atoms with Crippen LogP contribution in [0, 0.1) is 0 Å². The molecule has 0 spiro atoms. The van der Waals surface area contributed by atoms with Crippen molar-refractivity contribution in [1.29, 1.82) is 0 Å². The first-order valence-electron chi connectivity index (χ1n) is 11.9. The molecular formula is C27H29N3O4. The number of para-hydroxylation sites is 1. The number of aromatic nitrogens is 1. The van der Waals surface area contributed by atoms with Crippen LogP contribution in [0.1, 0.15) is 59.4 Å². The Morgan fingerprint density at radius 1 is 1.09 bits per heavy atom. The number of hydrogen-bond acceptors (Lipinski definition) is 4. The Kier molecular flexibility index (Phi) is 5.86. The van der Waals surface area contributed by atoms with Crippen LogP contribution < -0.4 is 0 Å². The molecule has 176 valence electrons. The van der Waals surface area contributed by atoms with Crippen LogP contribution in [0.5, 0.6) is 0 Å². The standard InChI is InChI=1S/C27H29N3O4/c1-3-4-7-14-29-16-23(31)30-22(26(29)32)15-20-19-8-5-6-9-21(19)28-24(20)25(30)17-10-12-18(13-11-17)27(33)34-2/h5-6,8-13,22,25,28H,3-4,7,14-16H2,1-2H3/t22-,25?/m0/s1. The van der Waals surface area contributed by atoms with E-state index in [1.807, 2.05) is 30.3 Å². The van der Waals surface area contributed by atoms with E-state index in [4.69, 9.17) is 4.74 Å². The van der Waals surface area contributed by atoms with Crippen molar-refractivity contribution in [1.82, 2.24) is 14.8 Å². The zero-order chi connectivity index (χ0) is 23.8. The highest BCUT2D eigenvalue weighted by Crippen LogP contribution is 2.42. The topological polar surface area (TPSA) is 82.7 Å². The summed E-state index contributed by atoms with van der Waals surface area (Å²) in [6.45, 7) is 2.84. The Labute approximate surface area is 198 Å². The molecule has 0 bridgehead atoms. The molecule has 3 heterocycles. The van der Waals surface area contributed by atoms with Gasteiger partial charge >= 0.3 is 5.97 Å². The van der Waals surface area contributed by atoms with Gasteiger partial charge in [0.2, 0.25) is 11.8 Å². The lowest BCUT2D eigenvalue weighted by molar-refractivity contribution is -0.158. The predicted molar refractivity (Wildman–Crippen MR) is 128 cm³/mol. The Morgan fingerprint density at radius 2 is 1.85 bits per heavy atom. The number of nitrogens with one attached hydrogen (secondary N) is 1. The third-order valence-electron chi connectivity index (χ3n) is 7.02. The van der Waals surface area contributed by atoms with Crippen LogP contribution in [-0.2, 0) is 20.7 Å². The molecule has 0 aliphatic carbocycles. The monoisotopic (exact) mass is 459 g/mol. The number of carbonyl (C=O) groups is 3. The van der Waals surface area contributed by atoms with Gasteiger partial charge in [-0.05, 0) is 35.7 Å². The number of unbranched alkanes of at least 4 members (excludes halogenated alkanes) is 2. The van der Waals surface area contributed by atoms with Crippen molar-refractivity contribution in [2.75, 3.05) is 20.2 Å². The third kappa shape index (κ3) is 3.65. The van der Waals surface area contributed by atoms with E-state index < -0.39 is 18.1 Å². The van der Waals surface area contributed by atoms with E-state index in [1.165, 1.54) is 7.11 Å². The summed E-state index contributed by atoms with van der Waals surface area (Å²) in [4.78, 5) is 46.0. The number of methoxy groups -OCH3 is 1. The zero-order valence-electron chi connectivity index (χ0n) is 19.5. The van der Waals surface area contributed by atoms with Gasteiger partial charge in [0, 0.05) is 29.6 Å². The highest BCUT2D eigenvalue weighted by Gasteiger charge is 2.48. The van der Waals surface area contributed by atoms with Gasteiger partial charge in [-0.25, -0.2) is 4.79 Å². The number of benzene rings is 2. The number of aromatic amines is 1. The average molecular weight is 460 g/mol. The molecule has 2 aliphatic rings. The number of esters is 1. The summed E-state index contributed by atoms with van der Waals surface area (Å²) in [6, 6.07) is 14.2. The minimum atomic E-state index is -0.542. The van der Waals surface area contributed by atoms with Gasteiger partial charge in [0.05, 0.1) is 25.3 Å². The molecule has 2 amide bonds. The number of nitrogens with zero attached hydrogens (tertiary/aromatic N) is 2. The maximum Gasteiger partial charge on any atom is 0.337 e. The van der Waals surface area contributed by atoms with Crippen molar-refractivity contribution in [2.45, 2.75) is 44.7 Å². The lowest BCUT2D eigenvalue weighted by atomic mass is 9.86. The van der Waals surface area contributed by atoms with Gasteiger partial charge in [-0.3, -0.25) is 9.59 Å². The number of rotatable bonds is 6. The number of ether oxygens (including phenoxy) is 1. The number of carbonyl (C=O) groups excluding carboxylic acids is 3. The van der Waals surface area contributed by atoms with Crippen molar-refractivity contribution in [3.8, 4) is 0 Å². The first-order valence-corrected chi connectivity index (χ1v) is 11.9. The molecule has 1 aromatic heterocycles. The summed E-state index contributed by atoms with van der Waals surface area (Å²) in [5.41, 5.74) is 4.30. The fourth-order valence-electron chi connectivity index (χ4n) is 5.33. The van der Waals surface area contributed by atoms with Crippen LogP contribution in [0.25, 0.3) is 10.9 Å². The summed E-state index contributed by atoms with van der Waals surface area (Å²) in [5, 5.41) is 1.08. The van der Waals surface area contributed by atoms with Crippen molar-refractivity contribution in [3.05, 3.63) is 70.9 Å². The van der Waals surface area contributed by atoms with Gasteiger partial charge in [-0.15, -0.1) is 0 Å². The second-order valence-corrected chi connectivity index (χ2v) is 9.07. The largest absolute Gasteiger partial charge is 0.465 e. The number of fused-ring (bicyclic) bond motifs is 4. The molecule has 2 aromatic carbocycles. The molecule has 1 saturated heterocycles. The Morgan fingerprint density at radius 3 is 2.59 bits per heavy atom. The van der Waals surface area contributed by atoms with Crippen molar-refractivity contribution >= 4 is 28.7 Å². The lowest BCUT2D eigenvalue weighted by Gasteiger charge is -2.47. The molecule has 1 N–H and O–H groups in total. The molecule has 7 heteroatoms. The van der Waals surface area contributed by atoms with Gasteiger partial charge in [-0.2, -0.15) is 0 Å². The second-order valence-electron chi connectivity index (χ2n) is 9.07. The van der Waals surface area contributed by atoms with Gasteiger partial charge in [-0.1, -0.05) is 50.1 Å². The van der Waals surface area contributed by atoms with Crippen LogP contribution >= 0.6 is 0 Å². The Balaban J connectivity index is 1.59. The van der Waals surface area contributed by atoms with E-state index in [-0.39, 0.29) is 18.4 Å². The van der Waals surface area contributed by atoms with Crippen LogP contribution in [0.4, 0.5) is 0 Å². The van der Waals surface area contributed by atoms with E-state index in [1.54, 1.807) is 21.9 Å². The third-order valence-corrected chi connectivity index (χ3v) is 7.02. The molecule has 0 radical (unpaired) electrons. The van der Waals surface area contributed by atoms with Gasteiger partial charge in [0.15, 0.2) is 0 Å². The molecule has 2 atom stereocenters. The van der Waals surface area contributed by atoms with Gasteiger partial charge in [0.1, 0.15) is 6.04 Å². The minimum absolute atomic E-state index is 0.0165. The summed E-state index contributed by atoms with van der Waals surface area (Å²) in [7, 11) is 1.35. The Bertz CT molecular complexity index is 1250. The first-order chi connectivity index (χ1) is 16.5. The van der Waals surface area contributed by atoms with Crippen molar-refractivity contribution in [3.63, 3.8) is 0 Å². The van der Waals surface area contributed by atoms with Crippen molar-refractivity contribution in [2.24, 2.45) is 0 Å². The second kappa shape index (κ2) is 8.97. The summed E-state index contributed by atoms with van der Waals surface area (Å²) in [6.07, 6.45) is 3.49. The van der Waals surface area contributed by atoms with Crippen LogP contribution in [0.15, 0.2) is 48.5 Å². The van der Waals surface area contributed by atoms with Crippen LogP contribution in [-0.4, -0.2) is 58.8 Å². The van der Waals surface area contributed by atoms with E-state index in [0.29, 0.717) is 18.5 Å². The quantitative estimate of drug-likeness (QED) is 0.449. The maximum atomic E-state index is 13.6. The fraction of sp³-hybridized carbons (Fsp3) is 0.370. The molecule has 34 heavy (non-hydrogen) atoms. The molecule has 3 aromatic rings. The number of amides is 2. The van der Waals surface area contributed by atoms with Crippen molar-refractivity contribution < 1.29 is 19.1 Å². The Hall–Kier alpha value is -3.61. The molecule has 1 unspecified atom stereocenters. The number of H-pyrrole nitrogens is 1. The maximum absolute atomic E-state index is 13.6. The molecule has 5 rings (SSSR count). The predicted octanol–water partition coefficient (Wildman–Crippen LogP) is 3.83. The number of piperazine rings is 1. The zero-order valence-corrected chi connectivity index (χ0v) is 19.5. The molecule has 2 aliphatic heterocycles. The van der Waals surface area contributed by atoms with Gasteiger partial charge < -0.3 is 19.5 Å². The van der Waals surface area contributed by atoms with Crippen LogP contribution in [0.2, 0.25) is 0 Å². The van der Waals surface area contributed by atoms with E-state index >= 15 is 0 Å². The highest BCUT2D eigenvalue weighted by atomic mass is 16.5. The summed E-state index contributed by atoms with van der Waals surface area (Å²) in [5.74, 6) is -0.443. The lowest BCUT2D eigenvalue weighted by Crippen LogP contribution is -2.63. The average Bonchev–Trinajstić information content (AvgIpc) is 3.24. The fourth-order valence-corrected chi connectivity index (χ4v) is 5.33. The summed E-state index contributed by atoms with van der Waals surface area (Å²) < 4.78 is 4.83. The summed E-state index contributed by atoms with van der Waals surface area (Å²) >= 11 is 0. The number of hydrogen-bond donors (Lipinski definition) is 1. The van der Waals surface area contributed by atoms with E-state index in [9.17, 15) is 14.4 Å².